The third-order valence-electron chi connectivity index (χ3n) is 13.6. The largest absolute Gasteiger partial charge is 0.462 e. The standard InChI is InChI=1S/C68H118O6/c1-4-7-10-13-16-19-21-23-24-25-26-27-28-29-30-31-32-33-34-35-36-37-38-39-40-41-42-43-44-46-47-49-52-55-58-61-67(70)73-64-65(63-72-66(69)60-57-54-51-18-15-12-9-6-3)74-68(71)62-59-56-53-50-48-45-22-20-17-14-11-8-5-2/h7,10,16,19-20,22-24,26-27,29-30,32-33,65H,4-6,8-9,11-15,17-18,21,25,28,31,34-64H2,1-3H3/b10-7-,19-16-,22-20-,24-23-,27-26-,30-29-,33-32-. The van der Waals surface area contributed by atoms with Gasteiger partial charge in [0.1, 0.15) is 13.2 Å². The molecule has 0 saturated heterocycles. The summed E-state index contributed by atoms with van der Waals surface area (Å²) in [6, 6.07) is 0. The van der Waals surface area contributed by atoms with Crippen LogP contribution in [0.2, 0.25) is 0 Å². The van der Waals surface area contributed by atoms with Gasteiger partial charge in [0.05, 0.1) is 0 Å². The maximum absolute atomic E-state index is 12.8. The Balaban J connectivity index is 4.00. The van der Waals surface area contributed by atoms with E-state index in [1.807, 2.05) is 0 Å². The first-order chi connectivity index (χ1) is 36.5. The molecule has 6 nitrogen and oxygen atoms in total. The number of carbonyl (C=O) groups is 3. The fourth-order valence-corrected chi connectivity index (χ4v) is 8.91. The maximum atomic E-state index is 12.8. The summed E-state index contributed by atoms with van der Waals surface area (Å²) in [6.45, 7) is 6.49. The van der Waals surface area contributed by atoms with Crippen molar-refractivity contribution >= 4 is 17.9 Å². The third-order valence-corrected chi connectivity index (χ3v) is 13.6. The van der Waals surface area contributed by atoms with Crippen molar-refractivity contribution in [3.05, 3.63) is 85.1 Å². The molecule has 0 heterocycles. The van der Waals surface area contributed by atoms with Crippen molar-refractivity contribution in [3.8, 4) is 0 Å². The van der Waals surface area contributed by atoms with Crippen LogP contribution in [0, 0.1) is 0 Å². The van der Waals surface area contributed by atoms with Crippen molar-refractivity contribution in [2.45, 2.75) is 316 Å². The second kappa shape index (κ2) is 62.1. The van der Waals surface area contributed by atoms with Crippen molar-refractivity contribution < 1.29 is 28.6 Å². The number of carbonyl (C=O) groups excluding carboxylic acids is 3. The summed E-state index contributed by atoms with van der Waals surface area (Å²) in [5, 5.41) is 0. The highest BCUT2D eigenvalue weighted by Crippen LogP contribution is 2.16. The summed E-state index contributed by atoms with van der Waals surface area (Å²) in [5.74, 6) is -0.878. The van der Waals surface area contributed by atoms with Crippen LogP contribution in [0.25, 0.3) is 0 Å². The normalized spacial score (nSPS) is 12.6. The van der Waals surface area contributed by atoms with Crippen LogP contribution < -0.4 is 0 Å². The zero-order valence-corrected chi connectivity index (χ0v) is 48.8. The lowest BCUT2D eigenvalue weighted by Crippen LogP contribution is -2.30. The van der Waals surface area contributed by atoms with Crippen molar-refractivity contribution in [2.75, 3.05) is 13.2 Å². The molecular weight excluding hydrogens is 913 g/mol. The molecule has 6 heteroatoms. The molecule has 0 aliphatic heterocycles. The van der Waals surface area contributed by atoms with E-state index >= 15 is 0 Å². The van der Waals surface area contributed by atoms with Gasteiger partial charge in [0.2, 0.25) is 0 Å². The fraction of sp³-hybridized carbons (Fsp3) is 0.750. The molecule has 426 valence electrons. The van der Waals surface area contributed by atoms with E-state index in [0.29, 0.717) is 19.3 Å². The van der Waals surface area contributed by atoms with Crippen LogP contribution >= 0.6 is 0 Å². The van der Waals surface area contributed by atoms with E-state index in [4.69, 9.17) is 14.2 Å². The van der Waals surface area contributed by atoms with Crippen LogP contribution in [-0.2, 0) is 28.6 Å². The topological polar surface area (TPSA) is 78.9 Å². The molecule has 0 N–H and O–H groups in total. The predicted octanol–water partition coefficient (Wildman–Crippen LogP) is 21.5. The number of allylic oxidation sites excluding steroid dienone is 14. The average molecular weight is 1030 g/mol. The summed E-state index contributed by atoms with van der Waals surface area (Å²) < 4.78 is 16.8. The quantitative estimate of drug-likeness (QED) is 0.0261. The Hall–Kier alpha value is -3.41. The van der Waals surface area contributed by atoms with Gasteiger partial charge in [-0.05, 0) is 96.3 Å². The molecule has 0 aliphatic rings. The number of esters is 3. The molecule has 74 heavy (non-hydrogen) atoms. The Bertz CT molecular complexity index is 1420. The average Bonchev–Trinajstić information content (AvgIpc) is 3.40. The highest BCUT2D eigenvalue weighted by molar-refractivity contribution is 5.71. The Morgan fingerprint density at radius 3 is 0.851 bits per heavy atom. The zero-order valence-electron chi connectivity index (χ0n) is 48.8. The lowest BCUT2D eigenvalue weighted by atomic mass is 10.0. The van der Waals surface area contributed by atoms with Gasteiger partial charge in [-0.3, -0.25) is 14.4 Å². The van der Waals surface area contributed by atoms with Gasteiger partial charge in [-0.2, -0.15) is 0 Å². The Morgan fingerprint density at radius 2 is 0.527 bits per heavy atom. The van der Waals surface area contributed by atoms with Crippen LogP contribution in [0.1, 0.15) is 310 Å². The molecule has 0 bridgehead atoms. The fourth-order valence-electron chi connectivity index (χ4n) is 8.91. The minimum Gasteiger partial charge on any atom is -0.462 e. The first-order valence-corrected chi connectivity index (χ1v) is 31.6. The maximum Gasteiger partial charge on any atom is 0.306 e. The monoisotopic (exact) mass is 1030 g/mol. The van der Waals surface area contributed by atoms with Crippen LogP contribution in [0.5, 0.6) is 0 Å². The Labute approximate surface area is 458 Å². The lowest BCUT2D eigenvalue weighted by Gasteiger charge is -2.18. The van der Waals surface area contributed by atoms with Gasteiger partial charge in [-0.1, -0.05) is 279 Å². The summed E-state index contributed by atoms with van der Waals surface area (Å²) in [7, 11) is 0. The van der Waals surface area contributed by atoms with E-state index in [9.17, 15) is 14.4 Å². The second-order valence-corrected chi connectivity index (χ2v) is 20.9. The number of hydrogen-bond acceptors (Lipinski definition) is 6. The molecule has 0 aromatic carbocycles. The molecule has 0 amide bonds. The van der Waals surface area contributed by atoms with Gasteiger partial charge in [-0.25, -0.2) is 0 Å². The molecule has 1 atom stereocenters. The molecule has 0 aromatic heterocycles. The molecule has 0 aromatic rings. The Kier molecular flexibility index (Phi) is 59.3. The predicted molar refractivity (Wildman–Crippen MR) is 321 cm³/mol. The molecular formula is C68H118O6. The van der Waals surface area contributed by atoms with Gasteiger partial charge in [0.25, 0.3) is 0 Å². The minimum absolute atomic E-state index is 0.0751. The number of unbranched alkanes of at least 4 members (excludes halogenated alkanes) is 32. The minimum atomic E-state index is -0.775. The van der Waals surface area contributed by atoms with Crippen LogP contribution in [0.3, 0.4) is 0 Å². The van der Waals surface area contributed by atoms with E-state index < -0.39 is 6.10 Å². The zero-order chi connectivity index (χ0) is 53.6. The number of rotatable bonds is 57. The van der Waals surface area contributed by atoms with Crippen LogP contribution in [0.4, 0.5) is 0 Å². The smallest absolute Gasteiger partial charge is 0.306 e. The highest BCUT2D eigenvalue weighted by Gasteiger charge is 2.19. The number of ether oxygens (including phenoxy) is 3. The summed E-state index contributed by atoms with van der Waals surface area (Å²) >= 11 is 0. The molecule has 0 spiro atoms. The van der Waals surface area contributed by atoms with E-state index in [0.717, 1.165) is 109 Å². The summed E-state index contributed by atoms with van der Waals surface area (Å²) in [5.41, 5.74) is 0. The summed E-state index contributed by atoms with van der Waals surface area (Å²) in [4.78, 5) is 38.0. The van der Waals surface area contributed by atoms with Gasteiger partial charge < -0.3 is 14.2 Å². The molecule has 0 aliphatic carbocycles. The first kappa shape index (κ1) is 70.6. The number of hydrogen-bond donors (Lipinski definition) is 0. The molecule has 0 rings (SSSR count). The van der Waals surface area contributed by atoms with E-state index in [-0.39, 0.29) is 31.1 Å². The van der Waals surface area contributed by atoms with E-state index in [2.05, 4.69) is 106 Å². The molecule has 1 unspecified atom stereocenters. The van der Waals surface area contributed by atoms with Gasteiger partial charge in [0.15, 0.2) is 6.10 Å². The van der Waals surface area contributed by atoms with Crippen molar-refractivity contribution in [1.82, 2.24) is 0 Å². The van der Waals surface area contributed by atoms with Crippen molar-refractivity contribution in [1.29, 1.82) is 0 Å². The second-order valence-electron chi connectivity index (χ2n) is 20.9. The first-order valence-electron chi connectivity index (χ1n) is 31.6. The van der Waals surface area contributed by atoms with Crippen molar-refractivity contribution in [3.63, 3.8) is 0 Å². The lowest BCUT2D eigenvalue weighted by molar-refractivity contribution is -0.167. The van der Waals surface area contributed by atoms with Crippen molar-refractivity contribution in [2.24, 2.45) is 0 Å². The Morgan fingerprint density at radius 1 is 0.284 bits per heavy atom. The van der Waals surface area contributed by atoms with Gasteiger partial charge in [0, 0.05) is 19.3 Å². The third kappa shape index (κ3) is 59.5. The summed E-state index contributed by atoms with van der Waals surface area (Å²) in [6.07, 6.45) is 81.9. The van der Waals surface area contributed by atoms with Gasteiger partial charge >= 0.3 is 17.9 Å². The van der Waals surface area contributed by atoms with Gasteiger partial charge in [-0.15, -0.1) is 0 Å². The van der Waals surface area contributed by atoms with E-state index in [1.54, 1.807) is 0 Å². The molecule has 0 radical (unpaired) electrons. The van der Waals surface area contributed by atoms with Crippen LogP contribution in [0.15, 0.2) is 85.1 Å². The van der Waals surface area contributed by atoms with Crippen LogP contribution in [-0.4, -0.2) is 37.2 Å². The molecule has 0 saturated carbocycles. The SMILES string of the molecule is CC/C=C\C/C=C\C/C=C\C/C=C\C/C=C\C/C=C\CCCCCCCCCCCCCCCCCCC(=O)OCC(COC(=O)CCCCCCCCCC)OC(=O)CCCCCCC/C=C\CCCCCC. The van der Waals surface area contributed by atoms with E-state index in [1.165, 1.54) is 161 Å². The highest BCUT2D eigenvalue weighted by atomic mass is 16.6. The molecule has 0 fully saturated rings.